The SMILES string of the molecule is COc1ccc(CN)c(-c2ccc(OCc3ccccc3)nc2OCc2ccccc2)c1. The number of nitrogens with two attached hydrogens (primary N) is 1. The van der Waals surface area contributed by atoms with E-state index >= 15 is 0 Å². The fraction of sp³-hybridized carbons (Fsp3) is 0.148. The zero-order valence-corrected chi connectivity index (χ0v) is 18.0. The van der Waals surface area contributed by atoms with Gasteiger partial charge in [0.15, 0.2) is 0 Å². The molecule has 0 spiro atoms. The van der Waals surface area contributed by atoms with Gasteiger partial charge in [-0.1, -0.05) is 66.7 Å². The highest BCUT2D eigenvalue weighted by molar-refractivity contribution is 5.73. The first kappa shape index (κ1) is 21.4. The van der Waals surface area contributed by atoms with Gasteiger partial charge >= 0.3 is 0 Å². The third-order valence-electron chi connectivity index (χ3n) is 5.11. The molecule has 0 aliphatic heterocycles. The summed E-state index contributed by atoms with van der Waals surface area (Å²) in [6.07, 6.45) is 0. The van der Waals surface area contributed by atoms with Crippen molar-refractivity contribution in [1.29, 1.82) is 0 Å². The summed E-state index contributed by atoms with van der Waals surface area (Å²) in [5.74, 6) is 1.73. The van der Waals surface area contributed by atoms with Gasteiger partial charge in [-0.15, -0.1) is 0 Å². The van der Waals surface area contributed by atoms with Gasteiger partial charge in [0.25, 0.3) is 0 Å². The molecule has 162 valence electrons. The highest BCUT2D eigenvalue weighted by Crippen LogP contribution is 2.35. The zero-order valence-electron chi connectivity index (χ0n) is 18.0. The van der Waals surface area contributed by atoms with E-state index in [0.717, 1.165) is 33.6 Å². The van der Waals surface area contributed by atoms with E-state index in [1.54, 1.807) is 7.11 Å². The summed E-state index contributed by atoms with van der Waals surface area (Å²) in [4.78, 5) is 4.68. The van der Waals surface area contributed by atoms with Crippen LogP contribution in [-0.2, 0) is 19.8 Å². The Morgan fingerprint density at radius 2 is 1.38 bits per heavy atom. The van der Waals surface area contributed by atoms with Gasteiger partial charge in [-0.25, -0.2) is 0 Å². The quantitative estimate of drug-likeness (QED) is 0.390. The number of pyridine rings is 1. The number of rotatable bonds is 9. The minimum atomic E-state index is 0.393. The average molecular weight is 427 g/mol. The van der Waals surface area contributed by atoms with Crippen LogP contribution in [-0.4, -0.2) is 12.1 Å². The number of ether oxygens (including phenoxy) is 3. The highest BCUT2D eigenvalue weighted by atomic mass is 16.5. The van der Waals surface area contributed by atoms with Gasteiger partial charge in [0.05, 0.1) is 7.11 Å². The Balaban J connectivity index is 1.66. The Kier molecular flexibility index (Phi) is 7.00. The minimum Gasteiger partial charge on any atom is -0.497 e. The van der Waals surface area contributed by atoms with Crippen molar-refractivity contribution in [3.8, 4) is 28.6 Å². The van der Waals surface area contributed by atoms with Crippen molar-refractivity contribution >= 4 is 0 Å². The molecule has 4 rings (SSSR count). The summed E-state index contributed by atoms with van der Waals surface area (Å²) in [7, 11) is 1.65. The first-order chi connectivity index (χ1) is 15.8. The number of hydrogen-bond acceptors (Lipinski definition) is 5. The average Bonchev–Trinajstić information content (AvgIpc) is 2.87. The first-order valence-electron chi connectivity index (χ1n) is 10.5. The number of nitrogens with zero attached hydrogens (tertiary/aromatic N) is 1. The Bertz CT molecular complexity index is 1150. The Morgan fingerprint density at radius 1 is 0.719 bits per heavy atom. The van der Waals surface area contributed by atoms with Crippen LogP contribution >= 0.6 is 0 Å². The van der Waals surface area contributed by atoms with Gasteiger partial charge in [-0.3, -0.25) is 0 Å². The first-order valence-corrected chi connectivity index (χ1v) is 10.5. The zero-order chi connectivity index (χ0) is 22.2. The van der Waals surface area contributed by atoms with E-state index in [2.05, 4.69) is 4.98 Å². The molecule has 5 heteroatoms. The van der Waals surface area contributed by atoms with Crippen molar-refractivity contribution in [2.75, 3.05) is 7.11 Å². The molecular weight excluding hydrogens is 400 g/mol. The molecule has 32 heavy (non-hydrogen) atoms. The van der Waals surface area contributed by atoms with E-state index in [9.17, 15) is 0 Å². The molecule has 0 bridgehead atoms. The lowest BCUT2D eigenvalue weighted by Gasteiger charge is -2.16. The summed E-state index contributed by atoms with van der Waals surface area (Å²) in [6.45, 7) is 1.22. The van der Waals surface area contributed by atoms with Gasteiger partial charge < -0.3 is 19.9 Å². The molecule has 0 aliphatic carbocycles. The lowest BCUT2D eigenvalue weighted by Crippen LogP contribution is -2.04. The van der Waals surface area contributed by atoms with E-state index in [4.69, 9.17) is 19.9 Å². The van der Waals surface area contributed by atoms with Gasteiger partial charge in [0, 0.05) is 18.2 Å². The second-order valence-electron chi connectivity index (χ2n) is 7.28. The molecule has 0 saturated carbocycles. The summed E-state index contributed by atoms with van der Waals surface area (Å²) in [6, 6.07) is 29.6. The van der Waals surface area contributed by atoms with Crippen molar-refractivity contribution in [3.63, 3.8) is 0 Å². The maximum atomic E-state index is 6.17. The molecule has 0 aliphatic rings. The van der Waals surface area contributed by atoms with E-state index in [0.29, 0.717) is 31.5 Å². The normalized spacial score (nSPS) is 10.6. The fourth-order valence-corrected chi connectivity index (χ4v) is 3.39. The Hall–Kier alpha value is -3.83. The van der Waals surface area contributed by atoms with Gasteiger partial charge in [0.2, 0.25) is 11.8 Å². The van der Waals surface area contributed by atoms with E-state index in [1.165, 1.54) is 0 Å². The van der Waals surface area contributed by atoms with Crippen molar-refractivity contribution in [2.24, 2.45) is 5.73 Å². The van der Waals surface area contributed by atoms with Gasteiger partial charge in [-0.05, 0) is 40.5 Å². The predicted molar refractivity (Wildman–Crippen MR) is 126 cm³/mol. The fourth-order valence-electron chi connectivity index (χ4n) is 3.39. The second kappa shape index (κ2) is 10.5. The third-order valence-corrected chi connectivity index (χ3v) is 5.11. The topological polar surface area (TPSA) is 66.6 Å². The number of aromatic nitrogens is 1. The van der Waals surface area contributed by atoms with Crippen molar-refractivity contribution in [2.45, 2.75) is 19.8 Å². The maximum Gasteiger partial charge on any atom is 0.225 e. The lowest BCUT2D eigenvalue weighted by molar-refractivity contribution is 0.268. The molecule has 5 nitrogen and oxygen atoms in total. The van der Waals surface area contributed by atoms with E-state index in [-0.39, 0.29) is 0 Å². The molecule has 0 saturated heterocycles. The number of benzene rings is 3. The molecule has 1 heterocycles. The third kappa shape index (κ3) is 5.25. The summed E-state index contributed by atoms with van der Waals surface area (Å²) < 4.78 is 17.5. The van der Waals surface area contributed by atoms with Crippen molar-refractivity contribution < 1.29 is 14.2 Å². The number of methoxy groups -OCH3 is 1. The van der Waals surface area contributed by atoms with Crippen LogP contribution in [0.4, 0.5) is 0 Å². The van der Waals surface area contributed by atoms with E-state index in [1.807, 2.05) is 91.0 Å². The lowest BCUT2D eigenvalue weighted by atomic mass is 10.00. The van der Waals surface area contributed by atoms with Crippen molar-refractivity contribution in [1.82, 2.24) is 4.98 Å². The van der Waals surface area contributed by atoms with Crippen LogP contribution in [0.15, 0.2) is 91.0 Å². The van der Waals surface area contributed by atoms with Crippen LogP contribution in [0.25, 0.3) is 11.1 Å². The molecule has 1 aromatic heterocycles. The van der Waals surface area contributed by atoms with Crippen LogP contribution in [0.3, 0.4) is 0 Å². The molecular formula is C27H26N2O3. The Labute approximate surface area is 188 Å². The summed E-state index contributed by atoms with van der Waals surface area (Å²) in [5.41, 5.74) is 10.9. The number of hydrogen-bond donors (Lipinski definition) is 1. The largest absolute Gasteiger partial charge is 0.497 e. The molecule has 0 atom stereocenters. The molecule has 0 radical (unpaired) electrons. The maximum absolute atomic E-state index is 6.17. The van der Waals surface area contributed by atoms with Gasteiger partial charge in [0.1, 0.15) is 19.0 Å². The summed E-state index contributed by atoms with van der Waals surface area (Å²) >= 11 is 0. The molecule has 4 aromatic rings. The van der Waals surface area contributed by atoms with Crippen LogP contribution < -0.4 is 19.9 Å². The van der Waals surface area contributed by atoms with Crippen LogP contribution in [0.1, 0.15) is 16.7 Å². The standard InChI is InChI=1S/C27H26N2O3/c1-30-23-13-12-22(17-28)25(16-23)24-14-15-26(31-18-20-8-4-2-5-9-20)29-27(24)32-19-21-10-6-3-7-11-21/h2-16H,17-19,28H2,1H3. The molecule has 3 aromatic carbocycles. The predicted octanol–water partition coefficient (Wildman–Crippen LogP) is 5.37. The molecule has 0 amide bonds. The van der Waals surface area contributed by atoms with Crippen LogP contribution in [0.5, 0.6) is 17.5 Å². The smallest absolute Gasteiger partial charge is 0.225 e. The second-order valence-corrected chi connectivity index (χ2v) is 7.28. The Morgan fingerprint density at radius 3 is 2.00 bits per heavy atom. The van der Waals surface area contributed by atoms with Gasteiger partial charge in [-0.2, -0.15) is 4.98 Å². The minimum absolute atomic E-state index is 0.393. The summed E-state index contributed by atoms with van der Waals surface area (Å²) in [5, 5.41) is 0. The molecule has 0 fully saturated rings. The highest BCUT2D eigenvalue weighted by Gasteiger charge is 2.15. The molecule has 2 N–H and O–H groups in total. The van der Waals surface area contributed by atoms with Crippen LogP contribution in [0.2, 0.25) is 0 Å². The van der Waals surface area contributed by atoms with Crippen molar-refractivity contribution in [3.05, 3.63) is 108 Å². The van der Waals surface area contributed by atoms with Crippen LogP contribution in [0, 0.1) is 0 Å². The van der Waals surface area contributed by atoms with E-state index < -0.39 is 0 Å². The molecule has 0 unspecified atom stereocenters. The monoisotopic (exact) mass is 426 g/mol.